The van der Waals surface area contributed by atoms with Crippen LogP contribution in [-0.2, 0) is 34.8 Å². The number of ether oxygens (including phenoxy) is 2. The van der Waals surface area contributed by atoms with Crippen LogP contribution in [-0.4, -0.2) is 62.8 Å². The van der Waals surface area contributed by atoms with Gasteiger partial charge >= 0.3 is 19.4 Å². The van der Waals surface area contributed by atoms with Crippen LogP contribution in [0.4, 0.5) is 5.82 Å². The summed E-state index contributed by atoms with van der Waals surface area (Å²) >= 11 is 0. The maximum Gasteiger partial charge on any atom is 0.459 e. The number of hydrogen-bond donors (Lipinski definition) is 4. The lowest BCUT2D eigenvalue weighted by Gasteiger charge is -2.27. The molecule has 3 unspecified atom stereocenters. The van der Waals surface area contributed by atoms with Crippen molar-refractivity contribution >= 4 is 19.5 Å². The lowest BCUT2D eigenvalue weighted by molar-refractivity contribution is -0.144. The van der Waals surface area contributed by atoms with Crippen molar-refractivity contribution in [2.75, 3.05) is 18.7 Å². The first-order chi connectivity index (χ1) is 20.5. The molecule has 0 bridgehead atoms. The van der Waals surface area contributed by atoms with Crippen LogP contribution in [0.1, 0.15) is 32.6 Å². The molecule has 232 valence electrons. The molecule has 0 aliphatic carbocycles. The Kier molecular flexibility index (Phi) is 10.7. The van der Waals surface area contributed by atoms with E-state index in [0.717, 1.165) is 10.1 Å². The van der Waals surface area contributed by atoms with Gasteiger partial charge in [-0.15, -0.1) is 0 Å². The summed E-state index contributed by atoms with van der Waals surface area (Å²) in [5.74, 6) is -0.374. The third-order valence-corrected chi connectivity index (χ3v) is 8.11. The number of hydrogen-bond acceptors (Lipinski definition) is 12. The fraction of sp³-hybridized carbons (Fsp3) is 0.393. The number of aliphatic hydroxyl groups excluding tert-OH is 1. The summed E-state index contributed by atoms with van der Waals surface area (Å²) in [5.41, 5.74) is 0.730. The van der Waals surface area contributed by atoms with Crippen LogP contribution in [0.15, 0.2) is 77.7 Å². The van der Waals surface area contributed by atoms with E-state index in [1.54, 1.807) is 37.3 Å². The Morgan fingerprint density at radius 3 is 2.49 bits per heavy atom. The van der Waals surface area contributed by atoms with E-state index in [0.29, 0.717) is 0 Å². The van der Waals surface area contributed by atoms with Crippen LogP contribution in [0.5, 0.6) is 5.75 Å². The number of nitrogens with zero attached hydrogens (tertiary/aromatic N) is 2. The lowest BCUT2D eigenvalue weighted by atomic mass is 9.96. The molecule has 2 heterocycles. The van der Waals surface area contributed by atoms with E-state index in [-0.39, 0.29) is 24.8 Å². The Morgan fingerprint density at radius 2 is 1.84 bits per heavy atom. The second kappa shape index (κ2) is 14.2. The number of anilines is 1. The van der Waals surface area contributed by atoms with Gasteiger partial charge in [-0.2, -0.15) is 10.1 Å². The van der Waals surface area contributed by atoms with Crippen molar-refractivity contribution in [3.05, 3.63) is 89.0 Å². The molecule has 2 aromatic carbocycles. The molecule has 3 aromatic rings. The number of para-hydroxylation sites is 1. The number of carbonyl (C=O) groups excluding carboxylic acids is 1. The Bertz CT molecular complexity index is 1460. The van der Waals surface area contributed by atoms with Gasteiger partial charge < -0.3 is 24.2 Å². The molecule has 15 heteroatoms. The molecule has 0 saturated carbocycles. The summed E-state index contributed by atoms with van der Waals surface area (Å²) in [6, 6.07) is 17.9. The maximum absolute atomic E-state index is 13.7. The molecule has 4 rings (SSSR count). The summed E-state index contributed by atoms with van der Waals surface area (Å²) < 4.78 is 36.7. The Labute approximate surface area is 248 Å². The molecule has 0 radical (unpaired) electrons. The standard InChI is InChI=1S/C28H35N4O10P/c1-4-38-25(34)19(2)31-43(37,42-21-13-9-6-10-14-21)40-18-22-24(33)28(3,36)26(41-22)32-16-15-23(29-27(32)35)30-39-17-20-11-7-5-8-12-20/h5-16,19,22,24,26,33,36H,4,17-18H2,1-3H3,(H,31,37)(H,29,30,35)/t19-,22?,24-,26+,28?,43?/m0/s1. The fourth-order valence-electron chi connectivity index (χ4n) is 4.23. The van der Waals surface area contributed by atoms with E-state index in [4.69, 9.17) is 23.4 Å². The maximum atomic E-state index is 13.7. The summed E-state index contributed by atoms with van der Waals surface area (Å²) in [5, 5.41) is 24.5. The van der Waals surface area contributed by atoms with E-state index < -0.39 is 56.1 Å². The average Bonchev–Trinajstić information content (AvgIpc) is 3.21. The second-order valence-electron chi connectivity index (χ2n) is 9.88. The Morgan fingerprint density at radius 1 is 1.16 bits per heavy atom. The number of aromatic nitrogens is 2. The topological polar surface area (TPSA) is 180 Å². The van der Waals surface area contributed by atoms with E-state index in [9.17, 15) is 24.4 Å². The van der Waals surface area contributed by atoms with E-state index in [1.165, 1.54) is 26.1 Å². The summed E-state index contributed by atoms with van der Waals surface area (Å²) in [7, 11) is -4.26. The van der Waals surface area contributed by atoms with Gasteiger partial charge in [-0.25, -0.2) is 14.8 Å². The highest BCUT2D eigenvalue weighted by molar-refractivity contribution is 7.52. The monoisotopic (exact) mass is 618 g/mol. The first kappa shape index (κ1) is 32.3. The number of benzene rings is 2. The van der Waals surface area contributed by atoms with Crippen molar-refractivity contribution < 1.29 is 42.9 Å². The van der Waals surface area contributed by atoms with Gasteiger partial charge in [-0.3, -0.25) is 18.7 Å². The van der Waals surface area contributed by atoms with Crippen molar-refractivity contribution in [2.45, 2.75) is 57.5 Å². The van der Waals surface area contributed by atoms with E-state index in [1.807, 2.05) is 30.3 Å². The molecule has 14 nitrogen and oxygen atoms in total. The van der Waals surface area contributed by atoms with Crippen molar-refractivity contribution in [3.8, 4) is 5.75 Å². The molecule has 1 aromatic heterocycles. The van der Waals surface area contributed by atoms with Crippen LogP contribution in [0.2, 0.25) is 0 Å². The number of nitrogens with one attached hydrogen (secondary N) is 2. The predicted molar refractivity (Wildman–Crippen MR) is 154 cm³/mol. The van der Waals surface area contributed by atoms with Gasteiger partial charge in [0.25, 0.3) is 0 Å². The van der Waals surface area contributed by atoms with E-state index in [2.05, 4.69) is 15.6 Å². The van der Waals surface area contributed by atoms with Crippen molar-refractivity contribution in [3.63, 3.8) is 0 Å². The van der Waals surface area contributed by atoms with Crippen LogP contribution in [0.25, 0.3) is 0 Å². The third kappa shape index (κ3) is 8.27. The van der Waals surface area contributed by atoms with Crippen LogP contribution in [0.3, 0.4) is 0 Å². The summed E-state index contributed by atoms with van der Waals surface area (Å²) in [6.45, 7) is 4.13. The number of rotatable bonds is 14. The SMILES string of the molecule is CCOC(=O)[C@H](C)NP(=O)(OCC1O[C@@H](n2ccc(NOCc3ccccc3)nc2=O)C(C)(O)[C@H]1O)Oc1ccccc1. The van der Waals surface area contributed by atoms with Crippen molar-refractivity contribution in [2.24, 2.45) is 0 Å². The third-order valence-electron chi connectivity index (χ3n) is 6.47. The van der Waals surface area contributed by atoms with Crippen molar-refractivity contribution in [1.29, 1.82) is 0 Å². The molecule has 1 aliphatic rings. The van der Waals surface area contributed by atoms with Crippen molar-refractivity contribution in [1.82, 2.24) is 14.6 Å². The minimum atomic E-state index is -4.26. The minimum Gasteiger partial charge on any atom is -0.465 e. The van der Waals surface area contributed by atoms with Gasteiger partial charge in [0, 0.05) is 6.20 Å². The van der Waals surface area contributed by atoms with Gasteiger partial charge in [0.1, 0.15) is 29.6 Å². The zero-order valence-corrected chi connectivity index (χ0v) is 24.8. The molecule has 43 heavy (non-hydrogen) atoms. The zero-order valence-electron chi connectivity index (χ0n) is 23.9. The summed E-state index contributed by atoms with van der Waals surface area (Å²) in [6.07, 6.45) is -2.89. The van der Waals surface area contributed by atoms with Gasteiger partial charge in [0.15, 0.2) is 12.0 Å². The zero-order chi connectivity index (χ0) is 31.0. The highest BCUT2D eigenvalue weighted by atomic mass is 31.2. The summed E-state index contributed by atoms with van der Waals surface area (Å²) in [4.78, 5) is 34.3. The molecular weight excluding hydrogens is 583 g/mol. The highest BCUT2D eigenvalue weighted by Crippen LogP contribution is 2.46. The van der Waals surface area contributed by atoms with Crippen LogP contribution in [0, 0.1) is 0 Å². The molecule has 0 spiro atoms. The first-order valence-electron chi connectivity index (χ1n) is 13.5. The normalized spacial score (nSPS) is 23.7. The van der Waals surface area contributed by atoms with Crippen LogP contribution < -0.4 is 20.8 Å². The number of carbonyl (C=O) groups is 1. The van der Waals surface area contributed by atoms with Crippen LogP contribution >= 0.6 is 7.75 Å². The quantitative estimate of drug-likeness (QED) is 0.118. The number of aliphatic hydroxyl groups is 2. The van der Waals surface area contributed by atoms with E-state index >= 15 is 0 Å². The molecule has 4 N–H and O–H groups in total. The van der Waals surface area contributed by atoms with Gasteiger partial charge in [0.05, 0.1) is 19.8 Å². The molecule has 0 amide bonds. The highest BCUT2D eigenvalue weighted by Gasteiger charge is 2.54. The minimum absolute atomic E-state index is 0.111. The average molecular weight is 619 g/mol. The van der Waals surface area contributed by atoms with Gasteiger partial charge in [-0.05, 0) is 44.5 Å². The first-order valence-corrected chi connectivity index (χ1v) is 15.1. The fourth-order valence-corrected chi connectivity index (χ4v) is 5.73. The molecule has 1 fully saturated rings. The van der Waals surface area contributed by atoms with Gasteiger partial charge in [-0.1, -0.05) is 48.5 Å². The molecule has 6 atom stereocenters. The second-order valence-corrected chi connectivity index (χ2v) is 11.6. The number of esters is 1. The molecular formula is C28H35N4O10P. The van der Waals surface area contributed by atoms with Gasteiger partial charge in [0.2, 0.25) is 0 Å². The largest absolute Gasteiger partial charge is 0.465 e. The molecule has 1 aliphatic heterocycles. The predicted octanol–water partition coefficient (Wildman–Crippen LogP) is 2.54. The Hall–Kier alpha value is -3.62. The molecule has 1 saturated heterocycles. The lowest BCUT2D eigenvalue weighted by Crippen LogP contribution is -2.46. The smallest absolute Gasteiger partial charge is 0.459 e. The Balaban J connectivity index is 1.44.